The lowest BCUT2D eigenvalue weighted by Crippen LogP contribution is -2.06. The molecule has 92 valence electrons. The van der Waals surface area contributed by atoms with Crippen molar-refractivity contribution >= 4 is 22.6 Å². The van der Waals surface area contributed by atoms with Crippen molar-refractivity contribution < 1.29 is 14.1 Å². The summed E-state index contributed by atoms with van der Waals surface area (Å²) in [4.78, 5) is 11.1. The molecule has 0 N–H and O–H groups in total. The largest absolute Gasteiger partial charge is 0.518 e. The maximum absolute atomic E-state index is 11.1. The highest BCUT2D eigenvalue weighted by atomic mass is 32.0. The van der Waals surface area contributed by atoms with Gasteiger partial charge in [-0.15, -0.1) is 11.8 Å². The Balaban J connectivity index is 1.72. The molecule has 0 amide bonds. The molecule has 2 unspecified atom stereocenters. The molecular weight excluding hydrogens is 256 g/mol. The molecular formula is C11H15NO3P2. The number of carbonyl (C=O) groups is 1. The first-order chi connectivity index (χ1) is 8.18. The van der Waals surface area contributed by atoms with Gasteiger partial charge in [0.2, 0.25) is 0 Å². The minimum absolute atomic E-state index is 0.405. The molecule has 0 aromatic rings. The third-order valence-corrected chi connectivity index (χ3v) is 4.05. The average molecular weight is 271 g/mol. The van der Waals surface area contributed by atoms with Crippen LogP contribution in [0.15, 0.2) is 0 Å². The molecule has 0 spiro atoms. The molecule has 0 bridgehead atoms. The summed E-state index contributed by atoms with van der Waals surface area (Å²) in [5.74, 6) is 8.05. The first kappa shape index (κ1) is 12.7. The van der Waals surface area contributed by atoms with E-state index in [4.69, 9.17) is 9.74 Å². The molecule has 17 heavy (non-hydrogen) atoms. The Morgan fingerprint density at radius 1 is 1.35 bits per heavy atom. The molecule has 1 fully saturated rings. The fraction of sp³-hybridized carbons (Fsp3) is 0.727. The first-order valence-electron chi connectivity index (χ1n) is 5.72. The monoisotopic (exact) mass is 271 g/mol. The SMILES string of the molecule is N#P(P)OC(=O)OC[C@@H]1[C@@H]2CCC#CCC[C@@H]21. The fourth-order valence-corrected chi connectivity index (χ4v) is 3.01. The summed E-state index contributed by atoms with van der Waals surface area (Å²) in [6, 6.07) is 0. The number of hydrogen-bond acceptors (Lipinski definition) is 4. The lowest BCUT2D eigenvalue weighted by atomic mass is 10.1. The Morgan fingerprint density at radius 3 is 2.47 bits per heavy atom. The molecule has 5 atom stereocenters. The second-order valence-corrected chi connectivity index (χ2v) is 6.49. The minimum Gasteiger partial charge on any atom is -0.433 e. The number of fused-ring (bicyclic) bond motifs is 1. The molecule has 0 aliphatic heterocycles. The van der Waals surface area contributed by atoms with E-state index in [2.05, 4.69) is 16.4 Å². The molecule has 2 rings (SSSR count). The van der Waals surface area contributed by atoms with Gasteiger partial charge >= 0.3 is 6.16 Å². The number of rotatable bonds is 2. The fourth-order valence-electron chi connectivity index (χ4n) is 2.55. The van der Waals surface area contributed by atoms with Gasteiger partial charge in [-0.05, 0) is 39.5 Å². The van der Waals surface area contributed by atoms with E-state index in [1.165, 1.54) is 0 Å². The van der Waals surface area contributed by atoms with E-state index in [0.717, 1.165) is 25.7 Å². The molecule has 0 aromatic carbocycles. The highest BCUT2D eigenvalue weighted by Crippen LogP contribution is 2.52. The van der Waals surface area contributed by atoms with Gasteiger partial charge in [0.1, 0.15) is 0 Å². The van der Waals surface area contributed by atoms with Crippen molar-refractivity contribution in [3.05, 3.63) is 0 Å². The summed E-state index contributed by atoms with van der Waals surface area (Å²) < 4.78 is 9.52. The third-order valence-electron chi connectivity index (χ3n) is 3.40. The van der Waals surface area contributed by atoms with Crippen molar-refractivity contribution in [3.8, 4) is 11.8 Å². The van der Waals surface area contributed by atoms with Crippen LogP contribution in [0.4, 0.5) is 4.79 Å². The van der Waals surface area contributed by atoms with E-state index < -0.39 is 13.6 Å². The van der Waals surface area contributed by atoms with Crippen molar-refractivity contribution in [1.82, 2.24) is 0 Å². The van der Waals surface area contributed by atoms with Crippen molar-refractivity contribution in [2.75, 3.05) is 6.61 Å². The van der Waals surface area contributed by atoms with Gasteiger partial charge in [0, 0.05) is 12.8 Å². The molecule has 4 nitrogen and oxygen atoms in total. The summed E-state index contributed by atoms with van der Waals surface area (Å²) in [6.45, 7) is 0.405. The van der Waals surface area contributed by atoms with Gasteiger partial charge in [0.15, 0.2) is 0 Å². The lowest BCUT2D eigenvalue weighted by molar-refractivity contribution is 0.0977. The standard InChI is InChI=1S/C11H15NO3P2/c12-17(16)15-11(13)14-7-10-8-5-3-1-2-4-6-9(8)10/h8-10H,3-7,16H2/t8-,9+,10-. The molecule has 2 aliphatic carbocycles. The van der Waals surface area contributed by atoms with Crippen LogP contribution in [0.1, 0.15) is 25.7 Å². The molecule has 0 saturated heterocycles. The molecule has 0 radical (unpaired) electrons. The number of hydrogen-bond donors (Lipinski definition) is 0. The summed E-state index contributed by atoms with van der Waals surface area (Å²) >= 11 is 0. The van der Waals surface area contributed by atoms with Crippen LogP contribution in [0.5, 0.6) is 0 Å². The number of carbonyl (C=O) groups excluding carboxylic acids is 1. The highest BCUT2D eigenvalue weighted by Gasteiger charge is 2.49. The summed E-state index contributed by atoms with van der Waals surface area (Å²) in [7, 11) is 0.275. The van der Waals surface area contributed by atoms with E-state index in [9.17, 15) is 4.79 Å². The van der Waals surface area contributed by atoms with Crippen LogP contribution in [0.3, 0.4) is 0 Å². The molecule has 6 heteroatoms. The molecule has 0 aromatic heterocycles. The van der Waals surface area contributed by atoms with Gasteiger partial charge in [0.05, 0.1) is 6.61 Å². The van der Waals surface area contributed by atoms with Crippen LogP contribution >= 0.6 is 16.4 Å². The topological polar surface area (TPSA) is 59.3 Å². The van der Waals surface area contributed by atoms with Crippen LogP contribution in [-0.4, -0.2) is 12.8 Å². The zero-order valence-electron chi connectivity index (χ0n) is 9.46. The summed E-state index contributed by atoms with van der Waals surface area (Å²) in [6.07, 6.45) is 3.35. The van der Waals surface area contributed by atoms with Crippen molar-refractivity contribution in [3.63, 3.8) is 0 Å². The lowest BCUT2D eigenvalue weighted by Gasteiger charge is -2.02. The van der Waals surface area contributed by atoms with Crippen LogP contribution in [-0.2, 0) is 9.26 Å². The summed E-state index contributed by atoms with van der Waals surface area (Å²) in [5, 5.41) is 8.87. The van der Waals surface area contributed by atoms with Gasteiger partial charge < -0.3 is 9.26 Å². The maximum atomic E-state index is 11.1. The predicted molar refractivity (Wildman–Crippen MR) is 67.5 cm³/mol. The zero-order chi connectivity index (χ0) is 12.3. The second-order valence-electron chi connectivity index (χ2n) is 4.38. The third kappa shape index (κ3) is 3.62. The Hall–Kier alpha value is -0.730. The predicted octanol–water partition coefficient (Wildman–Crippen LogP) is 3.25. The van der Waals surface area contributed by atoms with E-state index in [-0.39, 0.29) is 0 Å². The van der Waals surface area contributed by atoms with E-state index >= 15 is 0 Å². The van der Waals surface area contributed by atoms with Crippen LogP contribution < -0.4 is 0 Å². The van der Waals surface area contributed by atoms with Crippen molar-refractivity contribution in [2.24, 2.45) is 17.8 Å². The normalized spacial score (nSPS) is 30.8. The number of ether oxygens (including phenoxy) is 1. The van der Waals surface area contributed by atoms with Crippen LogP contribution in [0.2, 0.25) is 0 Å². The highest BCUT2D eigenvalue weighted by molar-refractivity contribution is 8.03. The smallest absolute Gasteiger partial charge is 0.433 e. The molecule has 2 aliphatic rings. The quantitative estimate of drug-likeness (QED) is 0.439. The van der Waals surface area contributed by atoms with E-state index in [1.54, 1.807) is 0 Å². The Morgan fingerprint density at radius 2 is 1.94 bits per heavy atom. The Bertz CT molecular complexity index is 413. The van der Waals surface area contributed by atoms with E-state index in [1.807, 2.05) is 8.93 Å². The van der Waals surface area contributed by atoms with E-state index in [0.29, 0.717) is 24.4 Å². The number of nitrogens with zero attached hydrogens (tertiary/aromatic N) is 1. The van der Waals surface area contributed by atoms with Crippen molar-refractivity contribution in [1.29, 1.82) is 5.00 Å². The van der Waals surface area contributed by atoms with Gasteiger partial charge in [-0.3, -0.25) is 0 Å². The molecule has 1 saturated carbocycles. The maximum Gasteiger partial charge on any atom is 0.518 e. The van der Waals surface area contributed by atoms with Gasteiger partial charge in [-0.1, -0.05) is 0 Å². The first-order valence-corrected chi connectivity index (χ1v) is 8.55. The van der Waals surface area contributed by atoms with Gasteiger partial charge in [-0.25, -0.2) is 4.79 Å². The minimum atomic E-state index is -1.75. The molecule has 0 heterocycles. The summed E-state index contributed by atoms with van der Waals surface area (Å²) in [5.41, 5.74) is 0. The Labute approximate surface area is 104 Å². The average Bonchev–Trinajstić information content (AvgIpc) is 2.84. The second kappa shape index (κ2) is 5.74. The zero-order valence-corrected chi connectivity index (χ0v) is 11.5. The van der Waals surface area contributed by atoms with Crippen LogP contribution in [0, 0.1) is 34.6 Å². The van der Waals surface area contributed by atoms with Crippen LogP contribution in [0.25, 0.3) is 0 Å². The Kier molecular flexibility index (Phi) is 4.30. The van der Waals surface area contributed by atoms with Crippen molar-refractivity contribution in [2.45, 2.75) is 25.7 Å². The van der Waals surface area contributed by atoms with Gasteiger partial charge in [-0.2, -0.15) is 5.00 Å². The van der Waals surface area contributed by atoms with Gasteiger partial charge in [0.25, 0.3) is 7.47 Å².